The summed E-state index contributed by atoms with van der Waals surface area (Å²) < 4.78 is 5.77. The highest BCUT2D eigenvalue weighted by Gasteiger charge is 2.18. The van der Waals surface area contributed by atoms with Gasteiger partial charge in [0.05, 0.1) is 6.61 Å². The van der Waals surface area contributed by atoms with E-state index in [-0.39, 0.29) is 0 Å². The van der Waals surface area contributed by atoms with Crippen molar-refractivity contribution in [2.75, 3.05) is 33.3 Å². The Morgan fingerprint density at radius 2 is 1.86 bits per heavy atom. The third-order valence-corrected chi connectivity index (χ3v) is 4.55. The maximum Gasteiger partial charge on any atom is 0.119 e. The van der Waals surface area contributed by atoms with E-state index in [9.17, 15) is 0 Å². The van der Waals surface area contributed by atoms with E-state index >= 15 is 0 Å². The second-order valence-electron chi connectivity index (χ2n) is 6.48. The van der Waals surface area contributed by atoms with E-state index < -0.39 is 0 Å². The number of unbranched alkanes of at least 4 members (excludes halogenated alkanes) is 2. The first-order chi connectivity index (χ1) is 10.8. The van der Waals surface area contributed by atoms with E-state index in [1.807, 2.05) is 0 Å². The number of ether oxygens (including phenoxy) is 1. The summed E-state index contributed by atoms with van der Waals surface area (Å²) in [5, 5.41) is 3.30. The summed E-state index contributed by atoms with van der Waals surface area (Å²) in [6.07, 6.45) is 6.29. The van der Waals surface area contributed by atoms with Gasteiger partial charge in [0.2, 0.25) is 0 Å². The van der Waals surface area contributed by atoms with Crippen LogP contribution in [-0.4, -0.2) is 38.2 Å². The van der Waals surface area contributed by atoms with Crippen molar-refractivity contribution in [1.82, 2.24) is 10.2 Å². The molecule has 1 saturated heterocycles. The highest BCUT2D eigenvalue weighted by atomic mass is 16.5. The summed E-state index contributed by atoms with van der Waals surface area (Å²) in [4.78, 5) is 2.57. The molecule has 1 heterocycles. The van der Waals surface area contributed by atoms with Crippen LogP contribution in [0.25, 0.3) is 0 Å². The number of nitrogens with zero attached hydrogens (tertiary/aromatic N) is 1. The lowest BCUT2D eigenvalue weighted by Gasteiger charge is -2.31. The molecule has 3 nitrogen and oxygen atoms in total. The molecule has 0 unspecified atom stereocenters. The van der Waals surface area contributed by atoms with E-state index in [2.05, 4.69) is 48.5 Å². The van der Waals surface area contributed by atoms with Gasteiger partial charge in [0.25, 0.3) is 0 Å². The molecule has 0 bridgehead atoms. The maximum atomic E-state index is 5.77. The molecule has 0 amide bonds. The molecule has 3 heteroatoms. The molecule has 1 N–H and O–H groups in total. The fourth-order valence-electron chi connectivity index (χ4n) is 3.13. The Hall–Kier alpha value is -1.06. The fourth-order valence-corrected chi connectivity index (χ4v) is 3.13. The monoisotopic (exact) mass is 304 g/mol. The zero-order valence-electron chi connectivity index (χ0n) is 14.3. The number of benzene rings is 1. The summed E-state index contributed by atoms with van der Waals surface area (Å²) in [6, 6.07) is 8.67. The normalized spacial score (nSPS) is 16.8. The molecule has 0 saturated carbocycles. The third kappa shape index (κ3) is 5.98. The molecule has 1 fully saturated rings. The van der Waals surface area contributed by atoms with Crippen molar-refractivity contribution in [3.8, 4) is 5.75 Å². The van der Waals surface area contributed by atoms with Crippen LogP contribution in [0, 0.1) is 5.92 Å². The van der Waals surface area contributed by atoms with Crippen LogP contribution in [0.5, 0.6) is 5.75 Å². The van der Waals surface area contributed by atoms with Crippen LogP contribution >= 0.6 is 0 Å². The predicted octanol–water partition coefficient (Wildman–Crippen LogP) is 3.69. The Morgan fingerprint density at radius 3 is 2.50 bits per heavy atom. The van der Waals surface area contributed by atoms with Crippen molar-refractivity contribution in [1.29, 1.82) is 0 Å². The summed E-state index contributed by atoms with van der Waals surface area (Å²) in [5.74, 6) is 1.87. The molecular weight excluding hydrogens is 272 g/mol. The zero-order chi connectivity index (χ0) is 15.6. The van der Waals surface area contributed by atoms with Crippen LogP contribution in [-0.2, 0) is 6.54 Å². The van der Waals surface area contributed by atoms with Gasteiger partial charge in [-0.1, -0.05) is 31.9 Å². The van der Waals surface area contributed by atoms with Crippen molar-refractivity contribution in [2.45, 2.75) is 45.6 Å². The number of likely N-dealkylation sites (tertiary alicyclic amines) is 1. The maximum absolute atomic E-state index is 5.77. The Kier molecular flexibility index (Phi) is 7.75. The van der Waals surface area contributed by atoms with Crippen molar-refractivity contribution >= 4 is 0 Å². The summed E-state index contributed by atoms with van der Waals surface area (Å²) in [7, 11) is 2.05. The van der Waals surface area contributed by atoms with E-state index in [0.29, 0.717) is 0 Å². The minimum atomic E-state index is 0.839. The minimum absolute atomic E-state index is 0.839. The van der Waals surface area contributed by atoms with Gasteiger partial charge >= 0.3 is 0 Å². The van der Waals surface area contributed by atoms with Crippen molar-refractivity contribution in [2.24, 2.45) is 5.92 Å². The van der Waals surface area contributed by atoms with Crippen LogP contribution < -0.4 is 10.1 Å². The number of rotatable bonds is 9. The smallest absolute Gasteiger partial charge is 0.119 e. The minimum Gasteiger partial charge on any atom is -0.494 e. The van der Waals surface area contributed by atoms with Gasteiger partial charge < -0.3 is 10.1 Å². The lowest BCUT2D eigenvalue weighted by molar-refractivity contribution is 0.176. The Balaban J connectivity index is 1.70. The fraction of sp³-hybridized carbons (Fsp3) is 0.684. The molecule has 0 spiro atoms. The van der Waals surface area contributed by atoms with Gasteiger partial charge in [0.15, 0.2) is 0 Å². The van der Waals surface area contributed by atoms with E-state index in [1.54, 1.807) is 0 Å². The van der Waals surface area contributed by atoms with Gasteiger partial charge in [-0.25, -0.2) is 0 Å². The van der Waals surface area contributed by atoms with E-state index in [4.69, 9.17) is 4.74 Å². The van der Waals surface area contributed by atoms with Crippen LogP contribution in [0.3, 0.4) is 0 Å². The Morgan fingerprint density at radius 1 is 1.14 bits per heavy atom. The average Bonchev–Trinajstić information content (AvgIpc) is 2.55. The molecule has 0 aromatic heterocycles. The summed E-state index contributed by atoms with van der Waals surface area (Å²) >= 11 is 0. The molecule has 1 aromatic rings. The third-order valence-electron chi connectivity index (χ3n) is 4.55. The molecule has 0 radical (unpaired) electrons. The first kappa shape index (κ1) is 17.3. The molecule has 1 aliphatic rings. The molecule has 22 heavy (non-hydrogen) atoms. The Bertz CT molecular complexity index is 396. The first-order valence-electron chi connectivity index (χ1n) is 8.90. The van der Waals surface area contributed by atoms with Gasteiger partial charge in [-0.2, -0.15) is 0 Å². The zero-order valence-corrected chi connectivity index (χ0v) is 14.3. The number of hydrogen-bond acceptors (Lipinski definition) is 3. The summed E-state index contributed by atoms with van der Waals surface area (Å²) in [6.45, 7) is 7.74. The Labute approximate surface area is 136 Å². The molecule has 124 valence electrons. The number of piperidine rings is 1. The lowest BCUT2D eigenvalue weighted by Crippen LogP contribution is -2.36. The SMILES string of the molecule is CCCCCOc1ccc(CN2CCC(CNC)CC2)cc1. The number of hydrogen-bond donors (Lipinski definition) is 1. The van der Waals surface area contributed by atoms with E-state index in [0.717, 1.165) is 37.8 Å². The predicted molar refractivity (Wildman–Crippen MR) is 93.4 cm³/mol. The lowest BCUT2D eigenvalue weighted by atomic mass is 9.96. The van der Waals surface area contributed by atoms with Crippen molar-refractivity contribution in [3.63, 3.8) is 0 Å². The van der Waals surface area contributed by atoms with Gasteiger partial charge in [-0.05, 0) is 69.6 Å². The van der Waals surface area contributed by atoms with E-state index in [1.165, 1.54) is 44.3 Å². The highest BCUT2D eigenvalue weighted by molar-refractivity contribution is 5.27. The first-order valence-corrected chi connectivity index (χ1v) is 8.90. The second kappa shape index (κ2) is 9.86. The quantitative estimate of drug-likeness (QED) is 0.704. The highest BCUT2D eigenvalue weighted by Crippen LogP contribution is 2.19. The molecule has 2 rings (SSSR count). The van der Waals surface area contributed by atoms with Crippen molar-refractivity contribution in [3.05, 3.63) is 29.8 Å². The topological polar surface area (TPSA) is 24.5 Å². The van der Waals surface area contributed by atoms with Crippen LogP contribution in [0.4, 0.5) is 0 Å². The largest absolute Gasteiger partial charge is 0.494 e. The molecule has 1 aromatic carbocycles. The van der Waals surface area contributed by atoms with Gasteiger partial charge in [0.1, 0.15) is 5.75 Å². The van der Waals surface area contributed by atoms with Crippen LogP contribution in [0.1, 0.15) is 44.6 Å². The average molecular weight is 304 g/mol. The molecule has 1 aliphatic heterocycles. The molecule has 0 atom stereocenters. The molecular formula is C19H32N2O. The van der Waals surface area contributed by atoms with Crippen LogP contribution in [0.2, 0.25) is 0 Å². The van der Waals surface area contributed by atoms with Crippen LogP contribution in [0.15, 0.2) is 24.3 Å². The summed E-state index contributed by atoms with van der Waals surface area (Å²) in [5.41, 5.74) is 1.40. The van der Waals surface area contributed by atoms with Gasteiger partial charge in [-0.3, -0.25) is 4.90 Å². The van der Waals surface area contributed by atoms with Gasteiger partial charge in [-0.15, -0.1) is 0 Å². The standard InChI is InChI=1S/C19H32N2O/c1-3-4-5-14-22-19-8-6-18(7-9-19)16-21-12-10-17(11-13-21)15-20-2/h6-9,17,20H,3-5,10-16H2,1-2H3. The van der Waals surface area contributed by atoms with Crippen molar-refractivity contribution < 1.29 is 4.74 Å². The van der Waals surface area contributed by atoms with Gasteiger partial charge in [0, 0.05) is 6.54 Å². The number of nitrogens with one attached hydrogen (secondary N) is 1. The second-order valence-corrected chi connectivity index (χ2v) is 6.48. The molecule has 0 aliphatic carbocycles.